The molecule has 3 rings (SSSR count). The monoisotopic (exact) mass is 394 g/mol. The summed E-state index contributed by atoms with van der Waals surface area (Å²) < 4.78 is 16.3. The highest BCUT2D eigenvalue weighted by Crippen LogP contribution is 2.25. The van der Waals surface area contributed by atoms with Gasteiger partial charge in [-0.1, -0.05) is 30.3 Å². The molecule has 0 bridgehead atoms. The maximum atomic E-state index is 12.5. The number of anilines is 1. The molecule has 1 amide bonds. The van der Waals surface area contributed by atoms with Gasteiger partial charge in [0.25, 0.3) is 5.91 Å². The molecule has 7 nitrogen and oxygen atoms in total. The summed E-state index contributed by atoms with van der Waals surface area (Å²) in [4.78, 5) is 29.2. The lowest BCUT2D eigenvalue weighted by atomic mass is 10.2. The second-order valence-electron chi connectivity index (χ2n) is 6.26. The fourth-order valence-electron chi connectivity index (χ4n) is 2.65. The Labute approximate surface area is 168 Å². The third-order valence-corrected chi connectivity index (χ3v) is 4.11. The summed E-state index contributed by atoms with van der Waals surface area (Å²) in [5.74, 6) is -0.0215. The highest BCUT2D eigenvalue weighted by atomic mass is 16.5. The van der Waals surface area contributed by atoms with E-state index in [1.807, 2.05) is 43.3 Å². The van der Waals surface area contributed by atoms with Crippen LogP contribution in [0.1, 0.15) is 30.1 Å². The Morgan fingerprint density at radius 1 is 1.10 bits per heavy atom. The van der Waals surface area contributed by atoms with Gasteiger partial charge in [0.15, 0.2) is 11.8 Å². The zero-order valence-electron chi connectivity index (χ0n) is 16.5. The number of oxazole rings is 1. The topological polar surface area (TPSA) is 90.7 Å². The Morgan fingerprint density at radius 2 is 1.79 bits per heavy atom. The Balaban J connectivity index is 1.68. The van der Waals surface area contributed by atoms with E-state index in [1.54, 1.807) is 25.1 Å². The number of benzene rings is 2. The van der Waals surface area contributed by atoms with Crippen LogP contribution < -0.4 is 10.1 Å². The van der Waals surface area contributed by atoms with Crippen molar-refractivity contribution in [1.82, 2.24) is 4.98 Å². The van der Waals surface area contributed by atoms with E-state index in [9.17, 15) is 9.59 Å². The molecular weight excluding hydrogens is 372 g/mol. The highest BCUT2D eigenvalue weighted by molar-refractivity contribution is 5.98. The van der Waals surface area contributed by atoms with Crippen molar-refractivity contribution in [3.8, 4) is 17.2 Å². The van der Waals surface area contributed by atoms with Crippen molar-refractivity contribution in [2.24, 2.45) is 0 Å². The zero-order chi connectivity index (χ0) is 20.8. The minimum Gasteiger partial charge on any atom is -0.492 e. The number of nitrogens with one attached hydrogen (secondary N) is 1. The first-order valence-corrected chi connectivity index (χ1v) is 9.26. The molecule has 1 N–H and O–H groups in total. The molecule has 0 spiro atoms. The van der Waals surface area contributed by atoms with Gasteiger partial charge in [-0.3, -0.25) is 4.79 Å². The van der Waals surface area contributed by atoms with E-state index in [-0.39, 0.29) is 5.69 Å². The second kappa shape index (κ2) is 9.05. The molecule has 0 aliphatic carbocycles. The van der Waals surface area contributed by atoms with Crippen LogP contribution in [0.2, 0.25) is 0 Å². The summed E-state index contributed by atoms with van der Waals surface area (Å²) in [6.45, 7) is 5.43. The largest absolute Gasteiger partial charge is 0.492 e. The number of ether oxygens (including phenoxy) is 2. The molecule has 150 valence electrons. The predicted molar refractivity (Wildman–Crippen MR) is 108 cm³/mol. The van der Waals surface area contributed by atoms with E-state index in [1.165, 1.54) is 6.92 Å². The highest BCUT2D eigenvalue weighted by Gasteiger charge is 2.25. The smallest absolute Gasteiger partial charge is 0.361 e. The number of para-hydroxylation sites is 2. The number of esters is 1. The van der Waals surface area contributed by atoms with Crippen molar-refractivity contribution in [3.05, 3.63) is 66.1 Å². The molecule has 1 heterocycles. The first-order chi connectivity index (χ1) is 14.0. The van der Waals surface area contributed by atoms with Crippen LogP contribution in [-0.4, -0.2) is 29.6 Å². The average molecular weight is 394 g/mol. The summed E-state index contributed by atoms with van der Waals surface area (Å²) in [5, 5.41) is 2.71. The van der Waals surface area contributed by atoms with E-state index in [0.717, 1.165) is 5.56 Å². The SMILES string of the molecule is CCOc1ccccc1NC(=O)C(C)OC(=O)c1nc(-c2ccccc2)oc1C. The van der Waals surface area contributed by atoms with Crippen LogP contribution in [-0.2, 0) is 9.53 Å². The van der Waals surface area contributed by atoms with E-state index >= 15 is 0 Å². The lowest BCUT2D eigenvalue weighted by Gasteiger charge is -2.15. The number of hydrogen-bond acceptors (Lipinski definition) is 6. The molecule has 0 radical (unpaired) electrons. The van der Waals surface area contributed by atoms with Crippen LogP contribution in [0.25, 0.3) is 11.5 Å². The molecule has 1 atom stereocenters. The van der Waals surface area contributed by atoms with Gasteiger partial charge < -0.3 is 19.2 Å². The van der Waals surface area contributed by atoms with Crippen molar-refractivity contribution < 1.29 is 23.5 Å². The molecule has 29 heavy (non-hydrogen) atoms. The molecule has 7 heteroatoms. The summed E-state index contributed by atoms with van der Waals surface area (Å²) in [5.41, 5.74) is 1.29. The lowest BCUT2D eigenvalue weighted by Crippen LogP contribution is -2.30. The van der Waals surface area contributed by atoms with Gasteiger partial charge in [-0.2, -0.15) is 0 Å². The number of carbonyl (C=O) groups is 2. The van der Waals surface area contributed by atoms with E-state index in [4.69, 9.17) is 13.9 Å². The third-order valence-electron chi connectivity index (χ3n) is 4.11. The van der Waals surface area contributed by atoms with Gasteiger partial charge >= 0.3 is 5.97 Å². The normalized spacial score (nSPS) is 11.6. The Hall–Kier alpha value is -3.61. The third kappa shape index (κ3) is 4.82. The van der Waals surface area contributed by atoms with Crippen LogP contribution in [0.5, 0.6) is 5.75 Å². The van der Waals surface area contributed by atoms with Crippen molar-refractivity contribution in [3.63, 3.8) is 0 Å². The maximum Gasteiger partial charge on any atom is 0.361 e. The first kappa shape index (κ1) is 20.1. The predicted octanol–water partition coefficient (Wildman–Crippen LogP) is 4.23. The number of nitrogens with zero attached hydrogens (tertiary/aromatic N) is 1. The van der Waals surface area contributed by atoms with E-state index in [0.29, 0.717) is 29.7 Å². The average Bonchev–Trinajstić information content (AvgIpc) is 3.12. The molecular formula is C22H22N2O5. The number of amides is 1. The van der Waals surface area contributed by atoms with Crippen molar-refractivity contribution >= 4 is 17.6 Å². The Bertz CT molecular complexity index is 997. The summed E-state index contributed by atoms with van der Waals surface area (Å²) >= 11 is 0. The summed E-state index contributed by atoms with van der Waals surface area (Å²) in [6.07, 6.45) is -1.03. The molecule has 2 aromatic carbocycles. The molecule has 3 aromatic rings. The minimum atomic E-state index is -1.03. The number of carbonyl (C=O) groups excluding carboxylic acids is 2. The molecule has 0 saturated carbocycles. The molecule has 0 fully saturated rings. The van der Waals surface area contributed by atoms with Gasteiger partial charge in [0.2, 0.25) is 5.89 Å². The van der Waals surface area contributed by atoms with Crippen LogP contribution in [0, 0.1) is 6.92 Å². The first-order valence-electron chi connectivity index (χ1n) is 9.26. The van der Waals surface area contributed by atoms with Crippen LogP contribution >= 0.6 is 0 Å². The van der Waals surface area contributed by atoms with Gasteiger partial charge in [0.05, 0.1) is 12.3 Å². The Morgan fingerprint density at radius 3 is 2.52 bits per heavy atom. The quantitative estimate of drug-likeness (QED) is 0.603. The minimum absolute atomic E-state index is 0.0400. The zero-order valence-corrected chi connectivity index (χ0v) is 16.5. The summed E-state index contributed by atoms with van der Waals surface area (Å²) in [7, 11) is 0. The number of hydrogen-bond donors (Lipinski definition) is 1. The number of rotatable bonds is 7. The number of aromatic nitrogens is 1. The second-order valence-corrected chi connectivity index (χ2v) is 6.26. The summed E-state index contributed by atoms with van der Waals surface area (Å²) in [6, 6.07) is 16.3. The van der Waals surface area contributed by atoms with E-state index in [2.05, 4.69) is 10.3 Å². The van der Waals surface area contributed by atoms with Crippen molar-refractivity contribution in [1.29, 1.82) is 0 Å². The van der Waals surface area contributed by atoms with Gasteiger partial charge in [-0.15, -0.1) is 0 Å². The molecule has 1 aromatic heterocycles. The van der Waals surface area contributed by atoms with Gasteiger partial charge in [-0.25, -0.2) is 9.78 Å². The van der Waals surface area contributed by atoms with Gasteiger partial charge in [-0.05, 0) is 45.0 Å². The molecule has 1 unspecified atom stereocenters. The van der Waals surface area contributed by atoms with Crippen molar-refractivity contribution in [2.75, 3.05) is 11.9 Å². The molecule has 0 saturated heterocycles. The molecule has 0 aliphatic rings. The fourth-order valence-corrected chi connectivity index (χ4v) is 2.65. The standard InChI is InChI=1S/C22H22N2O5/c1-4-27-18-13-9-8-12-17(18)23-20(25)15(3)29-22(26)19-14(2)28-21(24-19)16-10-6-5-7-11-16/h5-13,15H,4H2,1-3H3,(H,23,25). The van der Waals surface area contributed by atoms with Crippen LogP contribution in [0.4, 0.5) is 5.69 Å². The Kier molecular flexibility index (Phi) is 6.29. The van der Waals surface area contributed by atoms with Gasteiger partial charge in [0, 0.05) is 5.56 Å². The van der Waals surface area contributed by atoms with Crippen LogP contribution in [0.3, 0.4) is 0 Å². The van der Waals surface area contributed by atoms with Crippen molar-refractivity contribution in [2.45, 2.75) is 26.9 Å². The maximum absolute atomic E-state index is 12.5. The fraction of sp³-hybridized carbons (Fsp3) is 0.227. The van der Waals surface area contributed by atoms with Gasteiger partial charge in [0.1, 0.15) is 11.5 Å². The van der Waals surface area contributed by atoms with Crippen LogP contribution in [0.15, 0.2) is 59.0 Å². The lowest BCUT2D eigenvalue weighted by molar-refractivity contribution is -0.123. The number of aryl methyl sites for hydroxylation is 1. The van der Waals surface area contributed by atoms with E-state index < -0.39 is 18.0 Å². The molecule has 0 aliphatic heterocycles.